The molecular formula is C43H27N3. The van der Waals surface area contributed by atoms with Crippen molar-refractivity contribution < 1.29 is 0 Å². The Kier molecular flexibility index (Phi) is 6.87. The van der Waals surface area contributed by atoms with E-state index in [1.54, 1.807) is 0 Å². The molecule has 3 heteroatoms. The first-order chi connectivity index (χ1) is 22.7. The average Bonchev–Trinajstić information content (AvgIpc) is 3.14. The fourth-order valence-electron chi connectivity index (χ4n) is 6.23. The van der Waals surface area contributed by atoms with Crippen molar-refractivity contribution in [1.82, 2.24) is 9.97 Å². The van der Waals surface area contributed by atoms with Crippen LogP contribution in [0.5, 0.6) is 0 Å². The maximum atomic E-state index is 9.13. The molecule has 0 aliphatic carbocycles. The molecule has 214 valence electrons. The van der Waals surface area contributed by atoms with Crippen molar-refractivity contribution in [2.45, 2.75) is 0 Å². The molecule has 7 aromatic carbocycles. The van der Waals surface area contributed by atoms with Gasteiger partial charge in [-0.05, 0) is 68.4 Å². The monoisotopic (exact) mass is 585 g/mol. The molecule has 8 rings (SSSR count). The molecule has 0 saturated heterocycles. The van der Waals surface area contributed by atoms with Crippen LogP contribution in [0, 0.1) is 11.3 Å². The van der Waals surface area contributed by atoms with Gasteiger partial charge in [0.1, 0.15) is 0 Å². The molecule has 0 saturated carbocycles. The van der Waals surface area contributed by atoms with Gasteiger partial charge in [-0.1, -0.05) is 140 Å². The van der Waals surface area contributed by atoms with E-state index < -0.39 is 0 Å². The van der Waals surface area contributed by atoms with Crippen LogP contribution in [-0.4, -0.2) is 9.97 Å². The van der Waals surface area contributed by atoms with E-state index in [2.05, 4.69) is 115 Å². The van der Waals surface area contributed by atoms with Gasteiger partial charge in [0.25, 0.3) is 0 Å². The number of nitrogens with zero attached hydrogens (tertiary/aromatic N) is 3. The molecule has 0 atom stereocenters. The molecule has 0 amide bonds. The molecular weight excluding hydrogens is 558 g/mol. The Morgan fingerprint density at radius 2 is 0.935 bits per heavy atom. The molecule has 0 N–H and O–H groups in total. The molecule has 0 bridgehead atoms. The first-order valence-electron chi connectivity index (χ1n) is 15.3. The van der Waals surface area contributed by atoms with Gasteiger partial charge in [-0.15, -0.1) is 0 Å². The Balaban J connectivity index is 1.19. The van der Waals surface area contributed by atoms with E-state index in [4.69, 9.17) is 15.2 Å². The van der Waals surface area contributed by atoms with Gasteiger partial charge in [0.05, 0.1) is 22.8 Å². The number of hydrogen-bond acceptors (Lipinski definition) is 3. The Labute approximate surface area is 267 Å². The zero-order valence-corrected chi connectivity index (χ0v) is 24.9. The zero-order chi connectivity index (χ0) is 30.9. The molecule has 0 spiro atoms. The van der Waals surface area contributed by atoms with Crippen molar-refractivity contribution in [1.29, 1.82) is 5.26 Å². The van der Waals surface area contributed by atoms with Crippen LogP contribution in [0.25, 0.3) is 77.7 Å². The molecule has 8 aromatic rings. The summed E-state index contributed by atoms with van der Waals surface area (Å²) in [5.74, 6) is 0.711. The molecule has 1 heterocycles. The number of fused-ring (bicyclic) bond motifs is 2. The van der Waals surface area contributed by atoms with Crippen molar-refractivity contribution in [3.63, 3.8) is 0 Å². The minimum Gasteiger partial charge on any atom is -0.228 e. The van der Waals surface area contributed by atoms with Gasteiger partial charge < -0.3 is 0 Å². The SMILES string of the molecule is N#Cc1ccc(-c2ccc(-c3ccc(-c4cccc(-c5nc(-c6ccccc6)c6ccccc6n5)c4)c4ccccc34)cc2)cc1. The predicted molar refractivity (Wildman–Crippen MR) is 189 cm³/mol. The predicted octanol–water partition coefficient (Wildman–Crippen LogP) is 11.0. The van der Waals surface area contributed by atoms with Crippen LogP contribution in [0.15, 0.2) is 164 Å². The summed E-state index contributed by atoms with van der Waals surface area (Å²) in [5, 5.41) is 12.6. The van der Waals surface area contributed by atoms with Crippen molar-refractivity contribution in [2.75, 3.05) is 0 Å². The topological polar surface area (TPSA) is 49.6 Å². The lowest BCUT2D eigenvalue weighted by Crippen LogP contribution is -1.95. The fraction of sp³-hybridized carbons (Fsp3) is 0. The Morgan fingerprint density at radius 1 is 0.391 bits per heavy atom. The third-order valence-electron chi connectivity index (χ3n) is 8.55. The van der Waals surface area contributed by atoms with E-state index in [-0.39, 0.29) is 0 Å². The maximum absolute atomic E-state index is 9.13. The van der Waals surface area contributed by atoms with Crippen LogP contribution in [-0.2, 0) is 0 Å². The second-order valence-corrected chi connectivity index (χ2v) is 11.3. The Hall–Kier alpha value is -6.37. The van der Waals surface area contributed by atoms with Crippen LogP contribution in [0.2, 0.25) is 0 Å². The molecule has 0 radical (unpaired) electrons. The van der Waals surface area contributed by atoms with Crippen molar-refractivity contribution in [3.05, 3.63) is 169 Å². The zero-order valence-electron chi connectivity index (χ0n) is 24.9. The molecule has 46 heavy (non-hydrogen) atoms. The van der Waals surface area contributed by atoms with Gasteiger partial charge in [0.15, 0.2) is 5.82 Å². The van der Waals surface area contributed by atoms with E-state index >= 15 is 0 Å². The van der Waals surface area contributed by atoms with Crippen LogP contribution in [0.3, 0.4) is 0 Å². The second kappa shape index (κ2) is 11.6. The third kappa shape index (κ3) is 4.99. The lowest BCUT2D eigenvalue weighted by Gasteiger charge is -2.14. The highest BCUT2D eigenvalue weighted by Gasteiger charge is 2.14. The van der Waals surface area contributed by atoms with Crippen LogP contribution < -0.4 is 0 Å². The minimum atomic E-state index is 0.666. The van der Waals surface area contributed by atoms with Gasteiger partial charge in [-0.25, -0.2) is 9.97 Å². The molecule has 3 nitrogen and oxygen atoms in total. The molecule has 0 fully saturated rings. The summed E-state index contributed by atoms with van der Waals surface area (Å²) in [5.41, 5.74) is 11.4. The standard InChI is InChI=1S/C43H27N3/c44-28-29-17-19-30(20-18-29)31-21-23-32(24-22-31)36-25-26-37(39-14-5-4-13-38(36)39)34-11-8-12-35(27-34)43-45-41-16-7-6-15-40(41)42(46-43)33-9-2-1-3-10-33/h1-27H. The Bertz CT molecular complexity index is 2400. The van der Waals surface area contributed by atoms with Crippen LogP contribution in [0.1, 0.15) is 5.56 Å². The number of benzene rings is 7. The fourth-order valence-corrected chi connectivity index (χ4v) is 6.23. The first-order valence-corrected chi connectivity index (χ1v) is 15.3. The van der Waals surface area contributed by atoms with Crippen LogP contribution >= 0.6 is 0 Å². The van der Waals surface area contributed by atoms with E-state index in [0.717, 1.165) is 50.0 Å². The van der Waals surface area contributed by atoms with Crippen molar-refractivity contribution in [3.8, 4) is 62.1 Å². The quantitative estimate of drug-likeness (QED) is 0.202. The molecule has 0 aliphatic heterocycles. The number of nitriles is 1. The van der Waals surface area contributed by atoms with Gasteiger partial charge in [-0.2, -0.15) is 5.26 Å². The maximum Gasteiger partial charge on any atom is 0.160 e. The number of rotatable bonds is 5. The molecule has 1 aromatic heterocycles. The van der Waals surface area contributed by atoms with Gasteiger partial charge >= 0.3 is 0 Å². The van der Waals surface area contributed by atoms with E-state index in [9.17, 15) is 0 Å². The summed E-state index contributed by atoms with van der Waals surface area (Å²) in [6.07, 6.45) is 0. The highest BCUT2D eigenvalue weighted by Crippen LogP contribution is 2.38. The van der Waals surface area contributed by atoms with Crippen LogP contribution in [0.4, 0.5) is 0 Å². The van der Waals surface area contributed by atoms with Gasteiger partial charge in [0, 0.05) is 16.5 Å². The Morgan fingerprint density at radius 3 is 1.63 bits per heavy atom. The third-order valence-corrected chi connectivity index (χ3v) is 8.55. The van der Waals surface area contributed by atoms with E-state index in [1.165, 1.54) is 21.9 Å². The summed E-state index contributed by atoms with van der Waals surface area (Å²) in [6.45, 7) is 0. The summed E-state index contributed by atoms with van der Waals surface area (Å²) in [4.78, 5) is 10.1. The number of para-hydroxylation sites is 1. The summed E-state index contributed by atoms with van der Waals surface area (Å²) in [7, 11) is 0. The summed E-state index contributed by atoms with van der Waals surface area (Å²) in [6, 6.07) is 58.7. The highest BCUT2D eigenvalue weighted by molar-refractivity contribution is 6.05. The normalized spacial score (nSPS) is 11.0. The van der Waals surface area contributed by atoms with E-state index in [1.807, 2.05) is 54.6 Å². The summed E-state index contributed by atoms with van der Waals surface area (Å²) < 4.78 is 0. The van der Waals surface area contributed by atoms with Crippen molar-refractivity contribution in [2.24, 2.45) is 0 Å². The largest absolute Gasteiger partial charge is 0.228 e. The first kappa shape index (κ1) is 27.2. The molecule has 0 aliphatic rings. The smallest absolute Gasteiger partial charge is 0.160 e. The average molecular weight is 586 g/mol. The minimum absolute atomic E-state index is 0.666. The lowest BCUT2D eigenvalue weighted by molar-refractivity contribution is 1.23. The second-order valence-electron chi connectivity index (χ2n) is 11.3. The van der Waals surface area contributed by atoms with E-state index in [0.29, 0.717) is 11.4 Å². The highest BCUT2D eigenvalue weighted by atomic mass is 14.9. The number of aromatic nitrogens is 2. The molecule has 0 unspecified atom stereocenters. The van der Waals surface area contributed by atoms with Gasteiger partial charge in [0.2, 0.25) is 0 Å². The summed E-state index contributed by atoms with van der Waals surface area (Å²) >= 11 is 0. The van der Waals surface area contributed by atoms with Crippen molar-refractivity contribution >= 4 is 21.7 Å². The van der Waals surface area contributed by atoms with Gasteiger partial charge in [-0.3, -0.25) is 0 Å². The lowest BCUT2D eigenvalue weighted by atomic mass is 9.91. The number of hydrogen-bond donors (Lipinski definition) is 0.